The lowest BCUT2D eigenvalue weighted by Crippen LogP contribution is -2.54. The summed E-state index contributed by atoms with van der Waals surface area (Å²) >= 11 is 1.27. The molecule has 1 atom stereocenters. The number of nitrogens with zero attached hydrogens (tertiary/aromatic N) is 6. The van der Waals surface area contributed by atoms with E-state index in [0.29, 0.717) is 35.8 Å². The van der Waals surface area contributed by atoms with Crippen LogP contribution in [0.25, 0.3) is 28.0 Å². The van der Waals surface area contributed by atoms with E-state index in [1.54, 1.807) is 41.6 Å². The highest BCUT2D eigenvalue weighted by molar-refractivity contribution is 7.98. The van der Waals surface area contributed by atoms with Crippen molar-refractivity contribution in [3.05, 3.63) is 95.2 Å². The molecule has 0 saturated carbocycles. The van der Waals surface area contributed by atoms with Crippen molar-refractivity contribution in [2.24, 2.45) is 0 Å². The van der Waals surface area contributed by atoms with Gasteiger partial charge in [-0.05, 0) is 55.5 Å². The Hall–Kier alpha value is -4.38. The first-order valence-corrected chi connectivity index (χ1v) is 14.7. The van der Waals surface area contributed by atoms with Crippen LogP contribution in [-0.4, -0.2) is 62.3 Å². The minimum Gasteiger partial charge on any atom is -0.346 e. The molecular formula is C31H30F2N6O2S. The summed E-state index contributed by atoms with van der Waals surface area (Å²) in [6.45, 7) is 12.2. The van der Waals surface area contributed by atoms with Gasteiger partial charge in [0.15, 0.2) is 11.5 Å². The second-order valence-electron chi connectivity index (χ2n) is 9.82. The van der Waals surface area contributed by atoms with Gasteiger partial charge in [-0.15, -0.1) is 18.3 Å². The number of aryl methyl sites for hydroxylation is 2. The van der Waals surface area contributed by atoms with E-state index in [9.17, 15) is 9.59 Å². The number of carbonyl (C=O) groups excluding carboxylic acids is 1. The van der Waals surface area contributed by atoms with Crippen molar-refractivity contribution in [1.82, 2.24) is 24.4 Å². The molecule has 1 aliphatic heterocycles. The van der Waals surface area contributed by atoms with Gasteiger partial charge in [0.05, 0.1) is 28.4 Å². The summed E-state index contributed by atoms with van der Waals surface area (Å²) in [6, 6.07) is 7.11. The standard InChI is InChI=1S/C31H30F2N6O2S/c1-6-19-17-37(25(40)8-3)14-15-38(19)29-20-16-22(33)27(26-21(32)10-9-11-24(26)42-5)35-30(20)39(31(41)36-29)28-18(4)12-13-34-23(28)7-2/h6,8-13,16,19H,1,3,7,14-15,17H2,2,4-5H3. The van der Waals surface area contributed by atoms with Gasteiger partial charge in [-0.25, -0.2) is 23.1 Å². The van der Waals surface area contributed by atoms with Crippen LogP contribution in [0.15, 0.2) is 71.5 Å². The summed E-state index contributed by atoms with van der Waals surface area (Å²) in [5, 5.41) is 0.263. The van der Waals surface area contributed by atoms with E-state index in [4.69, 9.17) is 0 Å². The van der Waals surface area contributed by atoms with Crippen LogP contribution in [-0.2, 0) is 11.2 Å². The average Bonchev–Trinajstić information content (AvgIpc) is 3.00. The Morgan fingerprint density at radius 3 is 2.64 bits per heavy atom. The highest BCUT2D eigenvalue weighted by Gasteiger charge is 2.31. The number of hydrogen-bond donors (Lipinski definition) is 0. The predicted octanol–water partition coefficient (Wildman–Crippen LogP) is 5.10. The lowest BCUT2D eigenvalue weighted by molar-refractivity contribution is -0.126. The zero-order valence-corrected chi connectivity index (χ0v) is 24.4. The largest absolute Gasteiger partial charge is 0.355 e. The summed E-state index contributed by atoms with van der Waals surface area (Å²) < 4.78 is 32.6. The van der Waals surface area contributed by atoms with Crippen LogP contribution in [0.5, 0.6) is 0 Å². The molecule has 1 fully saturated rings. The molecule has 0 aliphatic carbocycles. The fraction of sp³-hybridized carbons (Fsp3) is 0.258. The predicted molar refractivity (Wildman–Crippen MR) is 162 cm³/mol. The molecule has 11 heteroatoms. The summed E-state index contributed by atoms with van der Waals surface area (Å²) in [5.41, 5.74) is 1.17. The zero-order valence-electron chi connectivity index (χ0n) is 23.6. The Kier molecular flexibility index (Phi) is 8.22. The van der Waals surface area contributed by atoms with E-state index < -0.39 is 23.4 Å². The van der Waals surface area contributed by atoms with Crippen molar-refractivity contribution >= 4 is 34.5 Å². The monoisotopic (exact) mass is 588 g/mol. The molecule has 0 bridgehead atoms. The minimum absolute atomic E-state index is 0.0147. The quantitative estimate of drug-likeness (QED) is 0.169. The molecule has 0 spiro atoms. The van der Waals surface area contributed by atoms with Crippen LogP contribution >= 0.6 is 11.8 Å². The highest BCUT2D eigenvalue weighted by Crippen LogP contribution is 2.36. The van der Waals surface area contributed by atoms with Gasteiger partial charge < -0.3 is 9.80 Å². The molecule has 1 unspecified atom stereocenters. The van der Waals surface area contributed by atoms with Gasteiger partial charge in [-0.2, -0.15) is 4.98 Å². The Morgan fingerprint density at radius 2 is 1.95 bits per heavy atom. The van der Waals surface area contributed by atoms with E-state index >= 15 is 8.78 Å². The number of amides is 1. The van der Waals surface area contributed by atoms with Crippen LogP contribution in [0.2, 0.25) is 0 Å². The molecule has 4 aromatic rings. The summed E-state index contributed by atoms with van der Waals surface area (Å²) in [7, 11) is 0. The first kappa shape index (κ1) is 29.1. The summed E-state index contributed by atoms with van der Waals surface area (Å²) in [6.07, 6.45) is 6.85. The molecule has 216 valence electrons. The zero-order chi connectivity index (χ0) is 30.1. The number of hydrogen-bond acceptors (Lipinski definition) is 7. The lowest BCUT2D eigenvalue weighted by Gasteiger charge is -2.40. The number of aromatic nitrogens is 4. The molecule has 1 aliphatic rings. The molecule has 4 heterocycles. The van der Waals surface area contributed by atoms with E-state index in [0.717, 1.165) is 5.56 Å². The molecule has 5 rings (SSSR count). The van der Waals surface area contributed by atoms with Gasteiger partial charge in [0.2, 0.25) is 5.91 Å². The summed E-state index contributed by atoms with van der Waals surface area (Å²) in [4.78, 5) is 43.8. The van der Waals surface area contributed by atoms with E-state index in [-0.39, 0.29) is 40.6 Å². The van der Waals surface area contributed by atoms with Gasteiger partial charge >= 0.3 is 5.69 Å². The molecule has 8 nitrogen and oxygen atoms in total. The van der Waals surface area contributed by atoms with E-state index in [2.05, 4.69) is 28.1 Å². The molecule has 1 amide bonds. The van der Waals surface area contributed by atoms with Crippen molar-refractivity contribution in [3.8, 4) is 16.9 Å². The van der Waals surface area contributed by atoms with Crippen molar-refractivity contribution in [3.63, 3.8) is 0 Å². The third-order valence-electron chi connectivity index (χ3n) is 7.44. The number of benzene rings is 1. The lowest BCUT2D eigenvalue weighted by atomic mass is 10.1. The normalized spacial score (nSPS) is 15.2. The maximum Gasteiger partial charge on any atom is 0.355 e. The number of piperazine rings is 1. The smallest absolute Gasteiger partial charge is 0.346 e. The molecule has 42 heavy (non-hydrogen) atoms. The van der Waals surface area contributed by atoms with Gasteiger partial charge in [0.1, 0.15) is 17.3 Å². The number of thioether (sulfide) groups is 1. The van der Waals surface area contributed by atoms with Crippen molar-refractivity contribution in [2.75, 3.05) is 30.8 Å². The third kappa shape index (κ3) is 4.98. The van der Waals surface area contributed by atoms with E-state index in [1.807, 2.05) is 18.7 Å². The van der Waals surface area contributed by atoms with Gasteiger partial charge in [-0.1, -0.05) is 25.6 Å². The SMILES string of the molecule is C=CC(=O)N1CCN(c2nc(=O)n(-c3c(C)ccnc3CC)c3nc(-c4c(F)cccc4SC)c(F)cc23)C(C=C)C1. The number of rotatable bonds is 7. The van der Waals surface area contributed by atoms with Crippen molar-refractivity contribution in [1.29, 1.82) is 0 Å². The number of anilines is 1. The topological polar surface area (TPSA) is 84.2 Å². The van der Waals surface area contributed by atoms with Gasteiger partial charge in [-0.3, -0.25) is 9.78 Å². The second-order valence-corrected chi connectivity index (χ2v) is 10.7. The maximum atomic E-state index is 16.0. The first-order valence-electron chi connectivity index (χ1n) is 13.5. The van der Waals surface area contributed by atoms with Crippen LogP contribution in [0.1, 0.15) is 18.2 Å². The van der Waals surface area contributed by atoms with Crippen LogP contribution in [0, 0.1) is 18.6 Å². The van der Waals surface area contributed by atoms with E-state index in [1.165, 1.54) is 34.5 Å². The molecule has 0 radical (unpaired) electrons. The summed E-state index contributed by atoms with van der Waals surface area (Å²) in [5.74, 6) is -1.40. The Bertz CT molecular complexity index is 1790. The molecule has 1 saturated heterocycles. The molecule has 3 aromatic heterocycles. The molecule has 1 aromatic carbocycles. The Balaban J connectivity index is 1.84. The fourth-order valence-corrected chi connectivity index (χ4v) is 5.99. The number of fused-ring (bicyclic) bond motifs is 1. The van der Waals surface area contributed by atoms with Crippen molar-refractivity contribution < 1.29 is 13.6 Å². The number of pyridine rings is 2. The van der Waals surface area contributed by atoms with Crippen LogP contribution < -0.4 is 10.6 Å². The minimum atomic E-state index is -0.759. The van der Waals surface area contributed by atoms with Gasteiger partial charge in [0.25, 0.3) is 0 Å². The Morgan fingerprint density at radius 1 is 1.17 bits per heavy atom. The molecule has 0 N–H and O–H groups in total. The van der Waals surface area contributed by atoms with Crippen LogP contribution in [0.3, 0.4) is 0 Å². The van der Waals surface area contributed by atoms with Crippen molar-refractivity contribution in [2.45, 2.75) is 31.2 Å². The highest BCUT2D eigenvalue weighted by atomic mass is 32.2. The number of carbonyl (C=O) groups is 1. The van der Waals surface area contributed by atoms with Gasteiger partial charge in [0, 0.05) is 30.7 Å². The Labute approximate surface area is 246 Å². The molecular weight excluding hydrogens is 558 g/mol. The average molecular weight is 589 g/mol. The van der Waals surface area contributed by atoms with Crippen LogP contribution in [0.4, 0.5) is 14.6 Å². The third-order valence-corrected chi connectivity index (χ3v) is 8.22. The second kappa shape index (κ2) is 11.8. The number of halogens is 2. The fourth-order valence-electron chi connectivity index (χ4n) is 5.38. The first-order chi connectivity index (χ1) is 20.2. The maximum absolute atomic E-state index is 16.0.